The van der Waals surface area contributed by atoms with E-state index >= 15 is 0 Å². The summed E-state index contributed by atoms with van der Waals surface area (Å²) >= 11 is 0. The van der Waals surface area contributed by atoms with Gasteiger partial charge in [-0.25, -0.2) is 14.4 Å². The summed E-state index contributed by atoms with van der Waals surface area (Å²) in [6.07, 6.45) is 5.35. The van der Waals surface area contributed by atoms with Crippen LogP contribution in [0.1, 0.15) is 0 Å². The van der Waals surface area contributed by atoms with Crippen molar-refractivity contribution in [2.24, 2.45) is 0 Å². The smallest absolute Gasteiger partial charge is 0.161 e. The number of nitrogens with zero attached hydrogens (tertiary/aromatic N) is 4. The summed E-state index contributed by atoms with van der Waals surface area (Å²) in [6.45, 7) is 2.63. The lowest BCUT2D eigenvalue weighted by Gasteiger charge is -2.29. The molecule has 5 rings (SSSR count). The van der Waals surface area contributed by atoms with Crippen molar-refractivity contribution in [3.8, 4) is 11.3 Å². The summed E-state index contributed by atoms with van der Waals surface area (Å²) in [5, 5.41) is 3.29. The van der Waals surface area contributed by atoms with E-state index in [2.05, 4.69) is 15.3 Å². The molecule has 1 fully saturated rings. The van der Waals surface area contributed by atoms with E-state index < -0.39 is 0 Å². The number of benzene rings is 1. The third-order valence-corrected chi connectivity index (χ3v) is 5.21. The molecule has 4 aromatic rings. The maximum absolute atomic E-state index is 14.7. The molecule has 1 aromatic carbocycles. The average Bonchev–Trinajstić information content (AvgIpc) is 3.26. The van der Waals surface area contributed by atoms with Gasteiger partial charge in [0.25, 0.3) is 0 Å². The Balaban J connectivity index is 1.45. The molecule has 0 bridgehead atoms. The van der Waals surface area contributed by atoms with Gasteiger partial charge in [-0.1, -0.05) is 0 Å². The number of hydrogen-bond acceptors (Lipinski definition) is 6. The van der Waals surface area contributed by atoms with Crippen LogP contribution in [0.4, 0.5) is 27.3 Å². The molecule has 0 atom stereocenters. The van der Waals surface area contributed by atoms with Crippen molar-refractivity contribution in [1.29, 1.82) is 0 Å². The average molecular weight is 404 g/mol. The van der Waals surface area contributed by atoms with Crippen LogP contribution in [-0.4, -0.2) is 40.7 Å². The number of morpholine rings is 1. The largest absolute Gasteiger partial charge is 0.384 e. The number of halogens is 1. The van der Waals surface area contributed by atoms with Crippen LogP contribution in [0.2, 0.25) is 0 Å². The molecule has 0 unspecified atom stereocenters. The van der Waals surface area contributed by atoms with Gasteiger partial charge in [0, 0.05) is 42.9 Å². The van der Waals surface area contributed by atoms with Gasteiger partial charge in [0.1, 0.15) is 11.6 Å². The number of imidazole rings is 1. The van der Waals surface area contributed by atoms with Gasteiger partial charge in [-0.05, 0) is 42.5 Å². The third kappa shape index (κ3) is 3.42. The Hall–Kier alpha value is -3.65. The van der Waals surface area contributed by atoms with Crippen LogP contribution in [0.15, 0.2) is 61.1 Å². The topological polar surface area (TPSA) is 80.7 Å². The highest BCUT2D eigenvalue weighted by Gasteiger charge is 2.16. The van der Waals surface area contributed by atoms with Crippen molar-refractivity contribution in [3.63, 3.8) is 0 Å². The van der Waals surface area contributed by atoms with E-state index in [1.54, 1.807) is 24.5 Å². The highest BCUT2D eigenvalue weighted by molar-refractivity contribution is 5.78. The molecule has 0 spiro atoms. The normalized spacial score (nSPS) is 14.2. The van der Waals surface area contributed by atoms with Gasteiger partial charge in [0.15, 0.2) is 5.65 Å². The first-order valence-corrected chi connectivity index (χ1v) is 9.76. The zero-order valence-electron chi connectivity index (χ0n) is 16.3. The molecule has 0 saturated carbocycles. The number of anilines is 4. The molecule has 30 heavy (non-hydrogen) atoms. The van der Waals surface area contributed by atoms with Gasteiger partial charge in [-0.3, -0.25) is 4.40 Å². The van der Waals surface area contributed by atoms with E-state index in [1.807, 2.05) is 39.8 Å². The van der Waals surface area contributed by atoms with Crippen LogP contribution in [0.3, 0.4) is 0 Å². The summed E-state index contributed by atoms with van der Waals surface area (Å²) in [5.74, 6) is 0.215. The molecule has 1 saturated heterocycles. The van der Waals surface area contributed by atoms with Crippen molar-refractivity contribution >= 4 is 28.5 Å². The number of fused-ring (bicyclic) bond motifs is 1. The molecule has 7 nitrogen and oxygen atoms in total. The van der Waals surface area contributed by atoms with Crippen LogP contribution in [-0.2, 0) is 4.74 Å². The monoisotopic (exact) mass is 404 g/mol. The Morgan fingerprint density at radius 2 is 1.90 bits per heavy atom. The highest BCUT2D eigenvalue weighted by atomic mass is 19.1. The van der Waals surface area contributed by atoms with Gasteiger partial charge in [-0.15, -0.1) is 0 Å². The van der Waals surface area contributed by atoms with E-state index in [1.165, 1.54) is 6.07 Å². The molecule has 0 aliphatic carbocycles. The van der Waals surface area contributed by atoms with E-state index in [0.717, 1.165) is 22.6 Å². The minimum Gasteiger partial charge on any atom is -0.384 e. The van der Waals surface area contributed by atoms with Crippen molar-refractivity contribution < 1.29 is 9.13 Å². The van der Waals surface area contributed by atoms with Gasteiger partial charge < -0.3 is 20.7 Å². The maximum Gasteiger partial charge on any atom is 0.161 e. The lowest BCUT2D eigenvalue weighted by molar-refractivity contribution is 0.122. The first-order valence-electron chi connectivity index (χ1n) is 9.76. The summed E-state index contributed by atoms with van der Waals surface area (Å²) in [5.41, 5.74) is 10.3. The summed E-state index contributed by atoms with van der Waals surface area (Å²) < 4.78 is 22.1. The SMILES string of the molecule is Nc1ccc(-c2ccc(Nc3ccc(N4CCOCC4)c(F)c3)c3nccn23)cn1. The summed E-state index contributed by atoms with van der Waals surface area (Å²) in [7, 11) is 0. The zero-order valence-corrected chi connectivity index (χ0v) is 16.3. The van der Waals surface area contributed by atoms with E-state index in [-0.39, 0.29) is 5.82 Å². The van der Waals surface area contributed by atoms with Crippen molar-refractivity contribution in [3.05, 3.63) is 66.9 Å². The Labute approximate surface area is 172 Å². The number of ether oxygens (including phenoxy) is 1. The first-order chi connectivity index (χ1) is 14.7. The van der Waals surface area contributed by atoms with Crippen LogP contribution >= 0.6 is 0 Å². The second-order valence-corrected chi connectivity index (χ2v) is 7.12. The number of pyridine rings is 2. The van der Waals surface area contributed by atoms with Crippen molar-refractivity contribution in [1.82, 2.24) is 14.4 Å². The maximum atomic E-state index is 14.7. The second-order valence-electron chi connectivity index (χ2n) is 7.12. The standard InChI is InChI=1S/C22H21FN6O/c23-17-13-16(2-4-20(17)28-9-11-30-12-10-28)27-18-3-5-19(29-8-7-25-22(18)29)15-1-6-21(24)26-14-15/h1-8,13-14,27H,9-12H2,(H2,24,26). The first kappa shape index (κ1) is 18.4. The molecule has 8 heteroatoms. The molecule has 152 valence electrons. The quantitative estimate of drug-likeness (QED) is 0.540. The van der Waals surface area contributed by atoms with Gasteiger partial charge in [0.05, 0.1) is 30.3 Å². The minimum atomic E-state index is -0.258. The molecular formula is C22H21FN6O. The number of aromatic nitrogens is 3. The number of nitrogens with two attached hydrogens (primary N) is 1. The molecular weight excluding hydrogens is 383 g/mol. The lowest BCUT2D eigenvalue weighted by Crippen LogP contribution is -2.36. The predicted molar refractivity (Wildman–Crippen MR) is 116 cm³/mol. The van der Waals surface area contributed by atoms with Crippen LogP contribution in [0.25, 0.3) is 16.9 Å². The number of hydrogen-bond donors (Lipinski definition) is 2. The number of nitrogens with one attached hydrogen (secondary N) is 1. The fourth-order valence-electron chi connectivity index (χ4n) is 3.70. The van der Waals surface area contributed by atoms with E-state index in [4.69, 9.17) is 10.5 Å². The van der Waals surface area contributed by atoms with Crippen LogP contribution in [0, 0.1) is 5.82 Å². The van der Waals surface area contributed by atoms with E-state index in [0.29, 0.717) is 43.5 Å². The predicted octanol–water partition coefficient (Wildman–Crippen LogP) is 3.70. The van der Waals surface area contributed by atoms with Gasteiger partial charge >= 0.3 is 0 Å². The summed E-state index contributed by atoms with van der Waals surface area (Å²) in [6, 6.07) is 12.8. The van der Waals surface area contributed by atoms with Gasteiger partial charge in [0.2, 0.25) is 0 Å². The molecule has 4 heterocycles. The molecule has 3 N–H and O–H groups in total. The van der Waals surface area contributed by atoms with E-state index in [9.17, 15) is 4.39 Å². The Morgan fingerprint density at radius 1 is 1.03 bits per heavy atom. The molecule has 3 aromatic heterocycles. The second kappa shape index (κ2) is 7.64. The molecule has 0 amide bonds. The number of rotatable bonds is 4. The fourth-order valence-corrected chi connectivity index (χ4v) is 3.70. The molecule has 1 aliphatic heterocycles. The number of nitrogen functional groups attached to an aromatic ring is 1. The third-order valence-electron chi connectivity index (χ3n) is 5.21. The van der Waals surface area contributed by atoms with Crippen molar-refractivity contribution in [2.75, 3.05) is 42.3 Å². The Kier molecular flexibility index (Phi) is 4.68. The zero-order chi connectivity index (χ0) is 20.5. The van der Waals surface area contributed by atoms with Gasteiger partial charge in [-0.2, -0.15) is 0 Å². The van der Waals surface area contributed by atoms with Crippen LogP contribution < -0.4 is 16.0 Å². The van der Waals surface area contributed by atoms with Crippen molar-refractivity contribution in [2.45, 2.75) is 0 Å². The fraction of sp³-hybridized carbons (Fsp3) is 0.182. The highest BCUT2D eigenvalue weighted by Crippen LogP contribution is 2.29. The lowest BCUT2D eigenvalue weighted by atomic mass is 10.1. The molecule has 0 radical (unpaired) electrons. The summed E-state index contributed by atoms with van der Waals surface area (Å²) in [4.78, 5) is 10.6. The minimum absolute atomic E-state index is 0.258. The Morgan fingerprint density at radius 3 is 2.67 bits per heavy atom. The van der Waals surface area contributed by atoms with Crippen LogP contribution in [0.5, 0.6) is 0 Å². The molecule has 1 aliphatic rings. The Bertz CT molecular complexity index is 1180.